The molecular weight excluding hydrogens is 206 g/mol. The third-order valence-corrected chi connectivity index (χ3v) is 2.21. The first-order chi connectivity index (χ1) is 7.65. The Balaban J connectivity index is 2.50. The van der Waals surface area contributed by atoms with Crippen molar-refractivity contribution in [2.45, 2.75) is 13.8 Å². The van der Waals surface area contributed by atoms with E-state index in [-0.39, 0.29) is 11.7 Å². The summed E-state index contributed by atoms with van der Waals surface area (Å²) in [7, 11) is 0. The minimum absolute atomic E-state index is 0.137. The van der Waals surface area contributed by atoms with Crippen LogP contribution in [0.1, 0.15) is 22.8 Å². The fraction of sp³-hybridized carbons (Fsp3) is 0.417. The molecule has 1 aromatic carbocycles. The average molecular weight is 223 g/mol. The van der Waals surface area contributed by atoms with Crippen molar-refractivity contribution in [1.29, 1.82) is 0 Å². The lowest BCUT2D eigenvalue weighted by Crippen LogP contribution is -2.27. The monoisotopic (exact) mass is 223 g/mol. The van der Waals surface area contributed by atoms with Crippen LogP contribution in [0, 0.1) is 6.92 Å². The number of phenolic OH excluding ortho intramolecular Hbond substituents is 1. The van der Waals surface area contributed by atoms with E-state index >= 15 is 0 Å². The van der Waals surface area contributed by atoms with Crippen molar-refractivity contribution >= 4 is 5.91 Å². The molecule has 4 nitrogen and oxygen atoms in total. The summed E-state index contributed by atoms with van der Waals surface area (Å²) in [6.45, 7) is 5.30. The lowest BCUT2D eigenvalue weighted by molar-refractivity contribution is 0.0922. The highest BCUT2D eigenvalue weighted by atomic mass is 16.5. The van der Waals surface area contributed by atoms with Gasteiger partial charge >= 0.3 is 0 Å². The van der Waals surface area contributed by atoms with E-state index in [4.69, 9.17) is 4.74 Å². The Labute approximate surface area is 95.2 Å². The SMILES string of the molecule is CCOCCNC(=O)c1ccc(C)c(O)c1. The standard InChI is InChI=1S/C12H17NO3/c1-3-16-7-6-13-12(15)10-5-4-9(2)11(14)8-10/h4-5,8,14H,3,6-7H2,1-2H3,(H,13,15). The van der Waals surface area contributed by atoms with Crippen LogP contribution in [0.2, 0.25) is 0 Å². The summed E-state index contributed by atoms with van der Waals surface area (Å²) in [6, 6.07) is 4.86. The molecule has 0 atom stereocenters. The van der Waals surface area contributed by atoms with E-state index < -0.39 is 0 Å². The first kappa shape index (κ1) is 12.5. The zero-order valence-corrected chi connectivity index (χ0v) is 9.62. The largest absolute Gasteiger partial charge is 0.508 e. The number of hydrogen-bond acceptors (Lipinski definition) is 3. The number of amides is 1. The second-order valence-corrected chi connectivity index (χ2v) is 3.45. The molecule has 0 radical (unpaired) electrons. The van der Waals surface area contributed by atoms with Gasteiger partial charge in [-0.05, 0) is 31.5 Å². The summed E-state index contributed by atoms with van der Waals surface area (Å²) in [5.74, 6) is -0.0625. The number of carbonyl (C=O) groups is 1. The minimum atomic E-state index is -0.199. The predicted molar refractivity (Wildman–Crippen MR) is 61.7 cm³/mol. The number of aryl methyl sites for hydroxylation is 1. The van der Waals surface area contributed by atoms with Crippen molar-refractivity contribution in [2.24, 2.45) is 0 Å². The van der Waals surface area contributed by atoms with Gasteiger partial charge in [-0.1, -0.05) is 6.07 Å². The Morgan fingerprint density at radius 3 is 2.88 bits per heavy atom. The molecule has 0 aromatic heterocycles. The Bertz CT molecular complexity index is 363. The van der Waals surface area contributed by atoms with Gasteiger partial charge in [0.2, 0.25) is 0 Å². The molecule has 0 saturated heterocycles. The maximum absolute atomic E-state index is 11.6. The van der Waals surface area contributed by atoms with Crippen LogP contribution < -0.4 is 5.32 Å². The van der Waals surface area contributed by atoms with Crippen LogP contribution in [0.15, 0.2) is 18.2 Å². The zero-order valence-electron chi connectivity index (χ0n) is 9.62. The molecule has 0 aliphatic carbocycles. The highest BCUT2D eigenvalue weighted by molar-refractivity contribution is 5.94. The second-order valence-electron chi connectivity index (χ2n) is 3.45. The second kappa shape index (κ2) is 6.12. The van der Waals surface area contributed by atoms with Crippen molar-refractivity contribution in [3.8, 4) is 5.75 Å². The molecule has 0 saturated carbocycles. The van der Waals surface area contributed by atoms with Gasteiger partial charge in [0.25, 0.3) is 5.91 Å². The lowest BCUT2D eigenvalue weighted by Gasteiger charge is -2.06. The van der Waals surface area contributed by atoms with Crippen molar-refractivity contribution in [1.82, 2.24) is 5.32 Å². The Morgan fingerprint density at radius 2 is 2.25 bits per heavy atom. The fourth-order valence-corrected chi connectivity index (χ4v) is 1.23. The third-order valence-electron chi connectivity index (χ3n) is 2.21. The number of ether oxygens (including phenoxy) is 1. The van der Waals surface area contributed by atoms with Crippen molar-refractivity contribution in [2.75, 3.05) is 19.8 Å². The first-order valence-corrected chi connectivity index (χ1v) is 5.30. The fourth-order valence-electron chi connectivity index (χ4n) is 1.23. The van der Waals surface area contributed by atoms with E-state index in [2.05, 4.69) is 5.32 Å². The molecule has 1 amide bonds. The van der Waals surface area contributed by atoms with Gasteiger partial charge in [-0.25, -0.2) is 0 Å². The van der Waals surface area contributed by atoms with Gasteiger partial charge in [0.15, 0.2) is 0 Å². The van der Waals surface area contributed by atoms with Gasteiger partial charge in [0.05, 0.1) is 6.61 Å². The molecule has 0 spiro atoms. The molecule has 0 bridgehead atoms. The van der Waals surface area contributed by atoms with Gasteiger partial charge in [-0.15, -0.1) is 0 Å². The van der Waals surface area contributed by atoms with E-state index in [1.165, 1.54) is 6.07 Å². The van der Waals surface area contributed by atoms with Gasteiger partial charge in [0, 0.05) is 18.7 Å². The van der Waals surface area contributed by atoms with Crippen LogP contribution in [-0.4, -0.2) is 30.8 Å². The summed E-state index contributed by atoms with van der Waals surface area (Å²) in [6.07, 6.45) is 0. The number of benzene rings is 1. The zero-order chi connectivity index (χ0) is 12.0. The summed E-state index contributed by atoms with van der Waals surface area (Å²) in [4.78, 5) is 11.6. The van der Waals surface area contributed by atoms with Crippen molar-refractivity contribution in [3.05, 3.63) is 29.3 Å². The van der Waals surface area contributed by atoms with Crippen LogP contribution in [0.4, 0.5) is 0 Å². The summed E-state index contributed by atoms with van der Waals surface area (Å²) in [5.41, 5.74) is 1.21. The van der Waals surface area contributed by atoms with E-state index in [0.717, 1.165) is 5.56 Å². The first-order valence-electron chi connectivity index (χ1n) is 5.30. The maximum atomic E-state index is 11.6. The van der Waals surface area contributed by atoms with Crippen LogP contribution in [0.25, 0.3) is 0 Å². The summed E-state index contributed by atoms with van der Waals surface area (Å²) in [5, 5.41) is 12.2. The third kappa shape index (κ3) is 3.55. The molecule has 4 heteroatoms. The van der Waals surface area contributed by atoms with Gasteiger partial charge in [-0.2, -0.15) is 0 Å². The van der Waals surface area contributed by atoms with Crippen LogP contribution in [0.3, 0.4) is 0 Å². The van der Waals surface area contributed by atoms with Gasteiger partial charge < -0.3 is 15.2 Å². The van der Waals surface area contributed by atoms with Crippen molar-refractivity contribution < 1.29 is 14.6 Å². The predicted octanol–water partition coefficient (Wildman–Crippen LogP) is 1.47. The average Bonchev–Trinajstić information content (AvgIpc) is 2.28. The van der Waals surface area contributed by atoms with Crippen LogP contribution >= 0.6 is 0 Å². The highest BCUT2D eigenvalue weighted by Gasteiger charge is 2.06. The summed E-state index contributed by atoms with van der Waals surface area (Å²) >= 11 is 0. The minimum Gasteiger partial charge on any atom is -0.508 e. The van der Waals surface area contributed by atoms with Crippen molar-refractivity contribution in [3.63, 3.8) is 0 Å². The highest BCUT2D eigenvalue weighted by Crippen LogP contribution is 2.17. The Hall–Kier alpha value is -1.55. The number of phenols is 1. The molecule has 0 fully saturated rings. The van der Waals surface area contributed by atoms with Crippen LogP contribution in [-0.2, 0) is 4.74 Å². The Kier molecular flexibility index (Phi) is 4.79. The molecule has 2 N–H and O–H groups in total. The smallest absolute Gasteiger partial charge is 0.251 e. The number of carbonyl (C=O) groups excluding carboxylic acids is 1. The lowest BCUT2D eigenvalue weighted by atomic mass is 10.1. The normalized spacial score (nSPS) is 10.1. The maximum Gasteiger partial charge on any atom is 0.251 e. The number of hydrogen-bond donors (Lipinski definition) is 2. The summed E-state index contributed by atoms with van der Waals surface area (Å²) < 4.78 is 5.10. The molecule has 88 valence electrons. The van der Waals surface area contributed by atoms with Crippen LogP contribution in [0.5, 0.6) is 5.75 Å². The molecule has 0 aliphatic heterocycles. The Morgan fingerprint density at radius 1 is 1.50 bits per heavy atom. The molecule has 0 aliphatic rings. The number of aromatic hydroxyl groups is 1. The van der Waals surface area contributed by atoms with Gasteiger partial charge in [0.1, 0.15) is 5.75 Å². The number of rotatable bonds is 5. The molecular formula is C12H17NO3. The number of nitrogens with one attached hydrogen (secondary N) is 1. The molecule has 1 rings (SSSR count). The van der Waals surface area contributed by atoms with E-state index in [0.29, 0.717) is 25.3 Å². The molecule has 0 heterocycles. The van der Waals surface area contributed by atoms with Gasteiger partial charge in [-0.3, -0.25) is 4.79 Å². The van der Waals surface area contributed by atoms with E-state index in [9.17, 15) is 9.90 Å². The van der Waals surface area contributed by atoms with E-state index in [1.54, 1.807) is 19.1 Å². The molecule has 16 heavy (non-hydrogen) atoms. The topological polar surface area (TPSA) is 58.6 Å². The molecule has 1 aromatic rings. The quantitative estimate of drug-likeness (QED) is 0.743. The van der Waals surface area contributed by atoms with E-state index in [1.807, 2.05) is 6.92 Å². The molecule has 0 unspecified atom stereocenters.